The molecule has 3 N–H and O–H groups in total. The molecule has 0 aliphatic carbocycles. The normalized spacial score (nSPS) is 12.4. The van der Waals surface area contributed by atoms with Gasteiger partial charge in [-0.2, -0.15) is 10.2 Å². The summed E-state index contributed by atoms with van der Waals surface area (Å²) in [4.78, 5) is 0. The fraction of sp³-hybridized carbons (Fsp3) is 0.333. The molecular formula is C15H18Cl2N4. The first-order chi connectivity index (χ1) is 10.0. The van der Waals surface area contributed by atoms with Crippen LogP contribution in [0.4, 0.5) is 0 Å². The molecule has 0 saturated carbocycles. The van der Waals surface area contributed by atoms with Crippen LogP contribution in [0.3, 0.4) is 0 Å². The van der Waals surface area contributed by atoms with Crippen LogP contribution >= 0.6 is 23.2 Å². The van der Waals surface area contributed by atoms with Gasteiger partial charge in [0.25, 0.3) is 0 Å². The quantitative estimate of drug-likeness (QED) is 0.653. The lowest BCUT2D eigenvalue weighted by atomic mass is 9.97. The fourth-order valence-corrected chi connectivity index (χ4v) is 2.68. The lowest BCUT2D eigenvalue weighted by molar-refractivity contribution is 0.542. The van der Waals surface area contributed by atoms with Crippen molar-refractivity contribution in [1.82, 2.24) is 15.6 Å². The van der Waals surface area contributed by atoms with Gasteiger partial charge in [0.05, 0.1) is 17.4 Å². The highest BCUT2D eigenvalue weighted by Crippen LogP contribution is 2.27. The van der Waals surface area contributed by atoms with Gasteiger partial charge in [0.15, 0.2) is 0 Å². The molecular weight excluding hydrogens is 307 g/mol. The van der Waals surface area contributed by atoms with Crippen molar-refractivity contribution in [2.45, 2.75) is 32.7 Å². The molecule has 2 aromatic rings. The van der Waals surface area contributed by atoms with E-state index >= 15 is 0 Å². The van der Waals surface area contributed by atoms with E-state index in [1.165, 1.54) is 0 Å². The van der Waals surface area contributed by atoms with Gasteiger partial charge in [0.1, 0.15) is 0 Å². The van der Waals surface area contributed by atoms with Crippen molar-refractivity contribution >= 4 is 23.2 Å². The number of nitrogens with one attached hydrogen (secondary N) is 1. The van der Waals surface area contributed by atoms with Gasteiger partial charge in [0, 0.05) is 10.0 Å². The van der Waals surface area contributed by atoms with Crippen LogP contribution < -0.4 is 11.3 Å². The molecule has 0 aliphatic rings. The second-order valence-electron chi connectivity index (χ2n) is 4.90. The van der Waals surface area contributed by atoms with Crippen molar-refractivity contribution in [3.8, 4) is 0 Å². The van der Waals surface area contributed by atoms with Crippen LogP contribution in [0.2, 0.25) is 10.0 Å². The van der Waals surface area contributed by atoms with Gasteiger partial charge in [0.2, 0.25) is 0 Å². The topological polar surface area (TPSA) is 63.8 Å². The van der Waals surface area contributed by atoms with Crippen LogP contribution in [0.1, 0.15) is 35.5 Å². The Bertz CT molecular complexity index is 631. The number of rotatable bonds is 5. The number of nitrogens with zero attached hydrogens (tertiary/aromatic N) is 2. The number of benzene rings is 1. The third kappa shape index (κ3) is 3.92. The van der Waals surface area contributed by atoms with Crippen molar-refractivity contribution in [3.63, 3.8) is 0 Å². The SMILES string of the molecule is CCc1nnc(C)cc1C(Cc1cc(Cl)ccc1Cl)NN. The molecule has 6 heteroatoms. The summed E-state index contributed by atoms with van der Waals surface area (Å²) in [6.07, 6.45) is 1.43. The van der Waals surface area contributed by atoms with Crippen molar-refractivity contribution in [2.75, 3.05) is 0 Å². The van der Waals surface area contributed by atoms with Gasteiger partial charge in [-0.15, -0.1) is 0 Å². The van der Waals surface area contributed by atoms with Crippen LogP contribution in [0.25, 0.3) is 0 Å². The number of hydrogen-bond acceptors (Lipinski definition) is 4. The molecule has 4 nitrogen and oxygen atoms in total. The number of halogens is 2. The zero-order chi connectivity index (χ0) is 15.4. The zero-order valence-corrected chi connectivity index (χ0v) is 13.5. The molecule has 21 heavy (non-hydrogen) atoms. The third-order valence-corrected chi connectivity index (χ3v) is 3.97. The summed E-state index contributed by atoms with van der Waals surface area (Å²) in [5.74, 6) is 5.74. The summed E-state index contributed by atoms with van der Waals surface area (Å²) in [6.45, 7) is 3.96. The molecule has 0 fully saturated rings. The van der Waals surface area contributed by atoms with E-state index in [2.05, 4.69) is 15.6 Å². The molecule has 0 bridgehead atoms. The Morgan fingerprint density at radius 3 is 2.67 bits per heavy atom. The Kier molecular flexibility index (Phi) is 5.53. The van der Waals surface area contributed by atoms with E-state index in [0.717, 1.165) is 28.9 Å². The number of aromatic nitrogens is 2. The van der Waals surface area contributed by atoms with Gasteiger partial charge < -0.3 is 0 Å². The maximum atomic E-state index is 6.23. The summed E-state index contributed by atoms with van der Waals surface area (Å²) < 4.78 is 0. The first-order valence-corrected chi connectivity index (χ1v) is 7.53. The minimum atomic E-state index is -0.0925. The second-order valence-corrected chi connectivity index (χ2v) is 5.74. The minimum absolute atomic E-state index is 0.0925. The predicted molar refractivity (Wildman–Crippen MR) is 86.4 cm³/mol. The number of aryl methyl sites for hydroxylation is 2. The van der Waals surface area contributed by atoms with E-state index in [9.17, 15) is 0 Å². The van der Waals surface area contributed by atoms with E-state index in [-0.39, 0.29) is 6.04 Å². The number of nitrogens with two attached hydrogens (primary N) is 1. The lowest BCUT2D eigenvalue weighted by Gasteiger charge is -2.19. The minimum Gasteiger partial charge on any atom is -0.271 e. The largest absolute Gasteiger partial charge is 0.271 e. The summed E-state index contributed by atoms with van der Waals surface area (Å²) in [5.41, 5.74) is 6.63. The Morgan fingerprint density at radius 1 is 1.24 bits per heavy atom. The third-order valence-electron chi connectivity index (χ3n) is 3.37. The molecule has 0 saturated heterocycles. The van der Waals surface area contributed by atoms with Crippen LogP contribution in [0.15, 0.2) is 24.3 Å². The second kappa shape index (κ2) is 7.18. The zero-order valence-electron chi connectivity index (χ0n) is 12.0. The molecule has 1 aromatic heterocycles. The monoisotopic (exact) mass is 324 g/mol. The van der Waals surface area contributed by atoms with E-state index in [1.54, 1.807) is 12.1 Å². The van der Waals surface area contributed by atoms with Crippen LogP contribution in [-0.2, 0) is 12.8 Å². The Balaban J connectivity index is 2.36. The summed E-state index contributed by atoms with van der Waals surface area (Å²) in [7, 11) is 0. The van der Waals surface area contributed by atoms with Gasteiger partial charge in [-0.3, -0.25) is 11.3 Å². The maximum Gasteiger partial charge on any atom is 0.0676 e. The van der Waals surface area contributed by atoms with Crippen LogP contribution in [-0.4, -0.2) is 10.2 Å². The Labute approximate surface area is 134 Å². The van der Waals surface area contributed by atoms with Crippen LogP contribution in [0.5, 0.6) is 0 Å². The molecule has 112 valence electrons. The molecule has 1 aromatic carbocycles. The van der Waals surface area contributed by atoms with Crippen molar-refractivity contribution in [3.05, 3.63) is 56.8 Å². The van der Waals surface area contributed by atoms with E-state index in [4.69, 9.17) is 29.0 Å². The van der Waals surface area contributed by atoms with E-state index in [0.29, 0.717) is 16.5 Å². The molecule has 1 heterocycles. The Hall–Kier alpha value is -1.20. The van der Waals surface area contributed by atoms with Gasteiger partial charge in [-0.05, 0) is 55.2 Å². The van der Waals surface area contributed by atoms with E-state index in [1.807, 2.05) is 26.0 Å². The van der Waals surface area contributed by atoms with Gasteiger partial charge in [-0.25, -0.2) is 0 Å². The molecule has 2 rings (SSSR count). The molecule has 1 unspecified atom stereocenters. The first kappa shape index (κ1) is 16.2. The molecule has 0 spiro atoms. The van der Waals surface area contributed by atoms with Crippen molar-refractivity contribution < 1.29 is 0 Å². The van der Waals surface area contributed by atoms with Gasteiger partial charge in [-0.1, -0.05) is 30.1 Å². The molecule has 1 atom stereocenters. The average molecular weight is 325 g/mol. The summed E-state index contributed by atoms with van der Waals surface area (Å²) in [6, 6.07) is 7.35. The highest BCUT2D eigenvalue weighted by molar-refractivity contribution is 6.33. The maximum absolute atomic E-state index is 6.23. The molecule has 0 radical (unpaired) electrons. The Morgan fingerprint density at radius 2 is 2.00 bits per heavy atom. The molecule has 0 aliphatic heterocycles. The first-order valence-electron chi connectivity index (χ1n) is 6.78. The lowest BCUT2D eigenvalue weighted by Crippen LogP contribution is -2.31. The predicted octanol–water partition coefficient (Wildman–Crippen LogP) is 3.40. The standard InChI is InChI=1S/C15H18Cl2N4/c1-3-14-12(6-9(2)20-21-14)15(19-18)8-10-7-11(16)4-5-13(10)17/h4-7,15,19H,3,8,18H2,1-2H3. The number of hydrazine groups is 1. The van der Waals surface area contributed by atoms with Crippen LogP contribution in [0, 0.1) is 6.92 Å². The highest BCUT2D eigenvalue weighted by Gasteiger charge is 2.17. The smallest absolute Gasteiger partial charge is 0.0676 e. The van der Waals surface area contributed by atoms with Crippen molar-refractivity contribution in [1.29, 1.82) is 0 Å². The van der Waals surface area contributed by atoms with E-state index < -0.39 is 0 Å². The fourth-order valence-electron chi connectivity index (χ4n) is 2.29. The van der Waals surface area contributed by atoms with Gasteiger partial charge >= 0.3 is 0 Å². The summed E-state index contributed by atoms with van der Waals surface area (Å²) >= 11 is 12.3. The highest BCUT2D eigenvalue weighted by atomic mass is 35.5. The average Bonchev–Trinajstić information content (AvgIpc) is 2.48. The molecule has 0 amide bonds. The number of hydrogen-bond donors (Lipinski definition) is 2. The summed E-state index contributed by atoms with van der Waals surface area (Å²) in [5, 5.41) is 9.68. The van der Waals surface area contributed by atoms with Crippen molar-refractivity contribution in [2.24, 2.45) is 5.84 Å².